The molecule has 0 aliphatic carbocycles. The number of Topliss-reactive ketones (excluding diaryl/α,β-unsaturated/α-hetero) is 1. The third-order valence-corrected chi connectivity index (χ3v) is 4.55. The van der Waals surface area contributed by atoms with E-state index >= 15 is 0 Å². The molecule has 9 heteroatoms. The Bertz CT molecular complexity index is 820. The third kappa shape index (κ3) is 2.96. The van der Waals surface area contributed by atoms with E-state index in [1.807, 2.05) is 0 Å². The fraction of sp³-hybridized carbons (Fsp3) is 0.353. The molecule has 3 rings (SSSR count). The average Bonchev–Trinajstić information content (AvgIpc) is 3.11. The van der Waals surface area contributed by atoms with E-state index in [-0.39, 0.29) is 24.5 Å². The fourth-order valence-electron chi connectivity index (χ4n) is 3.06. The lowest BCUT2D eigenvalue weighted by Crippen LogP contribution is -2.39. The molecule has 0 radical (unpaired) electrons. The van der Waals surface area contributed by atoms with E-state index in [1.165, 1.54) is 19.0 Å². The highest BCUT2D eigenvalue weighted by Crippen LogP contribution is 2.35. The van der Waals surface area contributed by atoms with Gasteiger partial charge in [-0.1, -0.05) is 11.6 Å². The summed E-state index contributed by atoms with van der Waals surface area (Å²) in [6.07, 6.45) is 0.142. The smallest absolute Gasteiger partial charge is 0.355 e. The van der Waals surface area contributed by atoms with Gasteiger partial charge in [0.05, 0.1) is 12.8 Å². The summed E-state index contributed by atoms with van der Waals surface area (Å²) < 4.78 is 4.69. The van der Waals surface area contributed by atoms with E-state index < -0.39 is 29.7 Å². The van der Waals surface area contributed by atoms with Crippen molar-refractivity contribution in [3.63, 3.8) is 0 Å². The number of hydrogen-bond donors (Lipinski definition) is 0. The number of esters is 1. The van der Waals surface area contributed by atoms with Gasteiger partial charge in [0.2, 0.25) is 5.91 Å². The Balaban J connectivity index is 1.97. The number of fused-ring (bicyclic) bond motifs is 1. The van der Waals surface area contributed by atoms with Gasteiger partial charge in [-0.2, -0.15) is 5.10 Å². The first-order chi connectivity index (χ1) is 12.3. The first-order valence-corrected chi connectivity index (χ1v) is 8.29. The van der Waals surface area contributed by atoms with E-state index in [9.17, 15) is 19.2 Å². The zero-order valence-electron chi connectivity index (χ0n) is 14.1. The Hall–Kier alpha value is -2.74. The molecule has 2 aliphatic heterocycles. The average molecular weight is 378 g/mol. The van der Waals surface area contributed by atoms with Crippen molar-refractivity contribution in [2.75, 3.05) is 18.6 Å². The van der Waals surface area contributed by atoms with Crippen LogP contribution in [0.15, 0.2) is 29.4 Å². The van der Waals surface area contributed by atoms with Crippen LogP contribution in [-0.4, -0.2) is 54.0 Å². The zero-order valence-corrected chi connectivity index (χ0v) is 14.9. The van der Waals surface area contributed by atoms with Crippen molar-refractivity contribution < 1.29 is 23.9 Å². The molecule has 2 heterocycles. The van der Waals surface area contributed by atoms with Crippen LogP contribution in [0.25, 0.3) is 0 Å². The van der Waals surface area contributed by atoms with Crippen molar-refractivity contribution in [3.8, 4) is 0 Å². The second kappa shape index (κ2) is 6.87. The number of anilines is 1. The topological polar surface area (TPSA) is 96.3 Å². The molecule has 2 atom stereocenters. The van der Waals surface area contributed by atoms with Crippen molar-refractivity contribution in [1.29, 1.82) is 0 Å². The summed E-state index contributed by atoms with van der Waals surface area (Å²) in [6, 6.07) is 5.26. The SMILES string of the molecule is COC(=O)C1=NN(CCC(C)=O)[C@H]2C(=O)N(c3ccc(Cl)cc3)C(=O)[C@H]12. The minimum absolute atomic E-state index is 0.0883. The summed E-state index contributed by atoms with van der Waals surface area (Å²) in [5.41, 5.74) is 0.227. The van der Waals surface area contributed by atoms with Gasteiger partial charge in [0.25, 0.3) is 5.91 Å². The van der Waals surface area contributed by atoms with Crippen molar-refractivity contribution in [1.82, 2.24) is 5.01 Å². The molecule has 2 amide bonds. The van der Waals surface area contributed by atoms with Gasteiger partial charge in [-0.15, -0.1) is 0 Å². The minimum atomic E-state index is -1.06. The molecule has 0 unspecified atom stereocenters. The van der Waals surface area contributed by atoms with Crippen LogP contribution in [0.1, 0.15) is 13.3 Å². The number of imide groups is 1. The quantitative estimate of drug-likeness (QED) is 0.561. The summed E-state index contributed by atoms with van der Waals surface area (Å²) in [7, 11) is 1.18. The number of nitrogens with zero attached hydrogens (tertiary/aromatic N) is 3. The molecule has 1 aromatic carbocycles. The maximum absolute atomic E-state index is 12.9. The molecule has 26 heavy (non-hydrogen) atoms. The number of amides is 2. The lowest BCUT2D eigenvalue weighted by Gasteiger charge is -2.21. The second-order valence-electron chi connectivity index (χ2n) is 6.00. The van der Waals surface area contributed by atoms with E-state index in [4.69, 9.17) is 16.3 Å². The maximum Gasteiger partial charge on any atom is 0.355 e. The second-order valence-corrected chi connectivity index (χ2v) is 6.44. The number of hydrogen-bond acceptors (Lipinski definition) is 7. The number of benzene rings is 1. The Kier molecular flexibility index (Phi) is 4.78. The van der Waals surface area contributed by atoms with Gasteiger partial charge < -0.3 is 4.74 Å². The van der Waals surface area contributed by atoms with Gasteiger partial charge in [-0.05, 0) is 31.2 Å². The summed E-state index contributed by atoms with van der Waals surface area (Å²) in [5, 5.41) is 5.89. The highest BCUT2D eigenvalue weighted by molar-refractivity contribution is 6.46. The van der Waals surface area contributed by atoms with Crippen LogP contribution in [0.4, 0.5) is 5.69 Å². The molecule has 8 nitrogen and oxygen atoms in total. The van der Waals surface area contributed by atoms with Crippen molar-refractivity contribution in [2.24, 2.45) is 11.0 Å². The van der Waals surface area contributed by atoms with Crippen LogP contribution in [0.3, 0.4) is 0 Å². The van der Waals surface area contributed by atoms with Crippen LogP contribution in [0.5, 0.6) is 0 Å². The predicted molar refractivity (Wildman–Crippen MR) is 92.7 cm³/mol. The number of hydrazone groups is 1. The van der Waals surface area contributed by atoms with Crippen LogP contribution >= 0.6 is 11.6 Å². The van der Waals surface area contributed by atoms with Crippen molar-refractivity contribution >= 4 is 46.6 Å². The molecule has 1 fully saturated rings. The first-order valence-electron chi connectivity index (χ1n) is 7.91. The minimum Gasteiger partial charge on any atom is -0.464 e. The summed E-state index contributed by atoms with van der Waals surface area (Å²) in [4.78, 5) is 50.1. The molecule has 1 saturated heterocycles. The summed E-state index contributed by atoms with van der Waals surface area (Å²) in [5.74, 6) is -2.98. The zero-order chi connectivity index (χ0) is 19.0. The molecule has 0 aromatic heterocycles. The first kappa shape index (κ1) is 18.1. The van der Waals surface area contributed by atoms with Gasteiger partial charge in [0.1, 0.15) is 17.7 Å². The molecule has 136 valence electrons. The number of carbonyl (C=O) groups is 4. The van der Waals surface area contributed by atoms with Gasteiger partial charge in [0.15, 0.2) is 5.71 Å². The number of carbonyl (C=O) groups excluding carboxylic acids is 4. The van der Waals surface area contributed by atoms with E-state index in [1.54, 1.807) is 24.3 Å². The van der Waals surface area contributed by atoms with Crippen LogP contribution in [0.2, 0.25) is 5.02 Å². The molecule has 0 N–H and O–H groups in total. The van der Waals surface area contributed by atoms with Crippen LogP contribution in [0, 0.1) is 5.92 Å². The Morgan fingerprint density at radius 1 is 1.19 bits per heavy atom. The van der Waals surface area contributed by atoms with Crippen molar-refractivity contribution in [3.05, 3.63) is 29.3 Å². The van der Waals surface area contributed by atoms with E-state index in [2.05, 4.69) is 5.10 Å². The summed E-state index contributed by atoms with van der Waals surface area (Å²) >= 11 is 5.86. The molecule has 0 bridgehead atoms. The number of ketones is 1. The standard InChI is InChI=1S/C17H16ClN3O5/c1-9(22)7-8-20-14-12(13(19-20)17(25)26-2)15(23)21(16(14)24)11-5-3-10(18)4-6-11/h3-6,12,14H,7-8H2,1-2H3/t12-,14-/m1/s1. The van der Waals surface area contributed by atoms with Gasteiger partial charge in [0, 0.05) is 18.0 Å². The van der Waals surface area contributed by atoms with Crippen LogP contribution in [-0.2, 0) is 23.9 Å². The maximum atomic E-state index is 12.9. The highest BCUT2D eigenvalue weighted by atomic mass is 35.5. The highest BCUT2D eigenvalue weighted by Gasteiger charge is 2.58. The summed E-state index contributed by atoms with van der Waals surface area (Å²) in [6.45, 7) is 1.55. The number of ether oxygens (including phenoxy) is 1. The monoisotopic (exact) mass is 377 g/mol. The van der Waals surface area contributed by atoms with E-state index in [0.717, 1.165) is 4.90 Å². The molecule has 0 spiro atoms. The lowest BCUT2D eigenvalue weighted by molar-refractivity contribution is -0.133. The van der Waals surface area contributed by atoms with Crippen LogP contribution < -0.4 is 4.90 Å². The fourth-order valence-corrected chi connectivity index (χ4v) is 3.19. The van der Waals surface area contributed by atoms with Gasteiger partial charge in [-0.25, -0.2) is 9.69 Å². The molecular weight excluding hydrogens is 362 g/mol. The Labute approximate surface area is 154 Å². The largest absolute Gasteiger partial charge is 0.464 e. The number of methoxy groups -OCH3 is 1. The van der Waals surface area contributed by atoms with E-state index in [0.29, 0.717) is 10.7 Å². The van der Waals surface area contributed by atoms with Gasteiger partial charge in [-0.3, -0.25) is 19.4 Å². The molecule has 1 aromatic rings. The third-order valence-electron chi connectivity index (χ3n) is 4.30. The van der Waals surface area contributed by atoms with Crippen molar-refractivity contribution in [2.45, 2.75) is 19.4 Å². The number of rotatable bonds is 5. The Morgan fingerprint density at radius 3 is 2.42 bits per heavy atom. The normalized spacial score (nSPS) is 21.7. The van der Waals surface area contributed by atoms with Gasteiger partial charge >= 0.3 is 5.97 Å². The Morgan fingerprint density at radius 2 is 1.85 bits per heavy atom. The molecule has 0 saturated carbocycles. The predicted octanol–water partition coefficient (Wildman–Crippen LogP) is 1.02. The molecule has 2 aliphatic rings. The number of halogens is 1. The lowest BCUT2D eigenvalue weighted by atomic mass is 9.98. The molecular formula is C17H16ClN3O5.